The molecule has 0 aliphatic rings. The molecule has 1 aromatic heterocycles. The lowest BCUT2D eigenvalue weighted by molar-refractivity contribution is 0.752. The Bertz CT molecular complexity index is 512. The maximum atomic E-state index is 4.55. The van der Waals surface area contributed by atoms with Gasteiger partial charge in [-0.3, -0.25) is 0 Å². The van der Waals surface area contributed by atoms with E-state index >= 15 is 0 Å². The predicted molar refractivity (Wildman–Crippen MR) is 65.3 cm³/mol. The number of aryl methyl sites for hydroxylation is 4. The third kappa shape index (κ3) is 1.85. The van der Waals surface area contributed by atoms with Gasteiger partial charge in [-0.15, -0.1) is 0 Å². The van der Waals surface area contributed by atoms with Gasteiger partial charge in [0, 0.05) is 19.0 Å². The van der Waals surface area contributed by atoms with Crippen LogP contribution < -0.4 is 0 Å². The molecule has 3 heteroatoms. The highest BCUT2D eigenvalue weighted by Crippen LogP contribution is 2.22. The average Bonchev–Trinajstić information content (AvgIpc) is 2.63. The summed E-state index contributed by atoms with van der Waals surface area (Å²) in [5, 5.41) is 4.38. The molecule has 0 bridgehead atoms. The standard InChI is InChI=1S/C13H17N3/c1-5-12-14-13(16(4)15-12)11-8-9(2)6-7-10(11)3/h6-8H,5H2,1-4H3. The Labute approximate surface area is 96.1 Å². The summed E-state index contributed by atoms with van der Waals surface area (Å²) in [5.41, 5.74) is 3.67. The first-order valence-electron chi connectivity index (χ1n) is 5.59. The second-order valence-electron chi connectivity index (χ2n) is 4.15. The molecule has 0 aliphatic carbocycles. The van der Waals surface area contributed by atoms with Crippen LogP contribution in [0.15, 0.2) is 18.2 Å². The van der Waals surface area contributed by atoms with Crippen molar-refractivity contribution in [3.63, 3.8) is 0 Å². The maximum absolute atomic E-state index is 4.55. The molecule has 0 amide bonds. The van der Waals surface area contributed by atoms with Gasteiger partial charge in [0.15, 0.2) is 11.6 Å². The van der Waals surface area contributed by atoms with Gasteiger partial charge in [-0.1, -0.05) is 24.6 Å². The molecule has 0 N–H and O–H groups in total. The molecular formula is C13H17N3. The molecule has 3 nitrogen and oxygen atoms in total. The molecule has 0 unspecified atom stereocenters. The third-order valence-electron chi connectivity index (χ3n) is 2.76. The molecule has 0 saturated carbocycles. The van der Waals surface area contributed by atoms with Crippen molar-refractivity contribution in [3.05, 3.63) is 35.2 Å². The molecule has 16 heavy (non-hydrogen) atoms. The number of rotatable bonds is 2. The predicted octanol–water partition coefficient (Wildman–Crippen LogP) is 2.66. The van der Waals surface area contributed by atoms with E-state index in [0.29, 0.717) is 0 Å². The summed E-state index contributed by atoms with van der Waals surface area (Å²) in [7, 11) is 1.95. The Kier molecular flexibility index (Phi) is 2.77. The number of hydrogen-bond donors (Lipinski definition) is 0. The summed E-state index contributed by atoms with van der Waals surface area (Å²) in [4.78, 5) is 4.55. The van der Waals surface area contributed by atoms with Crippen LogP contribution in [0.4, 0.5) is 0 Å². The SMILES string of the molecule is CCc1nc(-c2cc(C)ccc2C)n(C)n1. The van der Waals surface area contributed by atoms with Crippen molar-refractivity contribution in [2.24, 2.45) is 7.05 Å². The van der Waals surface area contributed by atoms with Crippen molar-refractivity contribution in [1.29, 1.82) is 0 Å². The van der Waals surface area contributed by atoms with E-state index in [4.69, 9.17) is 0 Å². The summed E-state index contributed by atoms with van der Waals surface area (Å²) < 4.78 is 1.86. The molecule has 1 aromatic carbocycles. The summed E-state index contributed by atoms with van der Waals surface area (Å²) in [6.07, 6.45) is 0.874. The van der Waals surface area contributed by atoms with Crippen LogP contribution in [0.3, 0.4) is 0 Å². The van der Waals surface area contributed by atoms with Crippen molar-refractivity contribution in [3.8, 4) is 11.4 Å². The summed E-state index contributed by atoms with van der Waals surface area (Å²) in [6.45, 7) is 6.28. The minimum atomic E-state index is 0.874. The van der Waals surface area contributed by atoms with Gasteiger partial charge in [0.05, 0.1) is 0 Å². The highest BCUT2D eigenvalue weighted by atomic mass is 15.3. The van der Waals surface area contributed by atoms with Gasteiger partial charge >= 0.3 is 0 Å². The molecule has 0 radical (unpaired) electrons. The first-order valence-corrected chi connectivity index (χ1v) is 5.59. The van der Waals surface area contributed by atoms with Crippen molar-refractivity contribution in [1.82, 2.24) is 14.8 Å². The van der Waals surface area contributed by atoms with Crippen molar-refractivity contribution in [2.75, 3.05) is 0 Å². The Morgan fingerprint density at radius 2 is 2.00 bits per heavy atom. The molecular weight excluding hydrogens is 198 g/mol. The van der Waals surface area contributed by atoms with E-state index in [1.165, 1.54) is 16.7 Å². The molecule has 2 aromatic rings. The Morgan fingerprint density at radius 1 is 1.25 bits per heavy atom. The fraction of sp³-hybridized carbons (Fsp3) is 0.385. The van der Waals surface area contributed by atoms with E-state index in [1.807, 2.05) is 11.7 Å². The molecule has 0 aliphatic heterocycles. The van der Waals surface area contributed by atoms with E-state index < -0.39 is 0 Å². The minimum Gasteiger partial charge on any atom is -0.249 e. The molecule has 0 saturated heterocycles. The lowest BCUT2D eigenvalue weighted by atomic mass is 10.1. The van der Waals surface area contributed by atoms with E-state index in [2.05, 4.69) is 49.1 Å². The van der Waals surface area contributed by atoms with Crippen LogP contribution in [-0.4, -0.2) is 14.8 Å². The van der Waals surface area contributed by atoms with E-state index in [1.54, 1.807) is 0 Å². The molecule has 1 heterocycles. The topological polar surface area (TPSA) is 30.7 Å². The van der Waals surface area contributed by atoms with Crippen molar-refractivity contribution < 1.29 is 0 Å². The lowest BCUT2D eigenvalue weighted by Crippen LogP contribution is -1.96. The largest absolute Gasteiger partial charge is 0.249 e. The van der Waals surface area contributed by atoms with Crippen LogP contribution in [-0.2, 0) is 13.5 Å². The lowest BCUT2D eigenvalue weighted by Gasteiger charge is -2.05. The highest BCUT2D eigenvalue weighted by molar-refractivity contribution is 5.61. The first kappa shape index (κ1) is 10.9. The van der Waals surface area contributed by atoms with Gasteiger partial charge in [0.25, 0.3) is 0 Å². The minimum absolute atomic E-state index is 0.874. The summed E-state index contributed by atoms with van der Waals surface area (Å²) in [5.74, 6) is 1.86. The Hall–Kier alpha value is -1.64. The second-order valence-corrected chi connectivity index (χ2v) is 4.15. The molecule has 2 rings (SSSR count). The first-order chi connectivity index (χ1) is 7.61. The van der Waals surface area contributed by atoms with Crippen LogP contribution in [0, 0.1) is 13.8 Å². The van der Waals surface area contributed by atoms with Crippen LogP contribution in [0.1, 0.15) is 23.9 Å². The zero-order valence-corrected chi connectivity index (χ0v) is 10.3. The monoisotopic (exact) mass is 215 g/mol. The fourth-order valence-electron chi connectivity index (χ4n) is 1.80. The Balaban J connectivity index is 2.57. The van der Waals surface area contributed by atoms with Crippen LogP contribution >= 0.6 is 0 Å². The van der Waals surface area contributed by atoms with Gasteiger partial charge in [0.1, 0.15) is 0 Å². The average molecular weight is 215 g/mol. The zero-order valence-electron chi connectivity index (χ0n) is 10.3. The number of aromatic nitrogens is 3. The zero-order chi connectivity index (χ0) is 11.7. The number of hydrogen-bond acceptors (Lipinski definition) is 2. The quantitative estimate of drug-likeness (QED) is 0.771. The van der Waals surface area contributed by atoms with Crippen molar-refractivity contribution >= 4 is 0 Å². The van der Waals surface area contributed by atoms with Crippen LogP contribution in [0.2, 0.25) is 0 Å². The van der Waals surface area contributed by atoms with Gasteiger partial charge < -0.3 is 0 Å². The van der Waals surface area contributed by atoms with E-state index in [9.17, 15) is 0 Å². The summed E-state index contributed by atoms with van der Waals surface area (Å²) >= 11 is 0. The van der Waals surface area contributed by atoms with E-state index in [-0.39, 0.29) is 0 Å². The van der Waals surface area contributed by atoms with Crippen molar-refractivity contribution in [2.45, 2.75) is 27.2 Å². The third-order valence-corrected chi connectivity index (χ3v) is 2.76. The van der Waals surface area contributed by atoms with Gasteiger partial charge in [-0.25, -0.2) is 9.67 Å². The van der Waals surface area contributed by atoms with Gasteiger partial charge in [-0.2, -0.15) is 5.10 Å². The number of benzene rings is 1. The molecule has 0 fully saturated rings. The van der Waals surface area contributed by atoms with Crippen LogP contribution in [0.25, 0.3) is 11.4 Å². The smallest absolute Gasteiger partial charge is 0.158 e. The highest BCUT2D eigenvalue weighted by Gasteiger charge is 2.10. The van der Waals surface area contributed by atoms with Crippen LogP contribution in [0.5, 0.6) is 0 Å². The molecule has 84 valence electrons. The maximum Gasteiger partial charge on any atom is 0.158 e. The molecule has 0 spiro atoms. The molecule has 0 atom stereocenters. The second kappa shape index (κ2) is 4.08. The normalized spacial score (nSPS) is 10.8. The summed E-state index contributed by atoms with van der Waals surface area (Å²) in [6, 6.07) is 6.42. The van der Waals surface area contributed by atoms with Gasteiger partial charge in [-0.05, 0) is 25.5 Å². The van der Waals surface area contributed by atoms with E-state index in [0.717, 1.165) is 18.1 Å². The number of nitrogens with zero attached hydrogens (tertiary/aromatic N) is 3. The van der Waals surface area contributed by atoms with Gasteiger partial charge in [0.2, 0.25) is 0 Å². The Morgan fingerprint density at radius 3 is 2.62 bits per heavy atom. The fourth-order valence-corrected chi connectivity index (χ4v) is 1.80.